The maximum Gasteiger partial charge on any atom is 0.0398 e. The third-order valence-corrected chi connectivity index (χ3v) is 4.10. The number of hydrogen-bond donors (Lipinski definition) is 1. The quantitative estimate of drug-likeness (QED) is 0.593. The Morgan fingerprint density at radius 2 is 2.00 bits per heavy atom. The summed E-state index contributed by atoms with van der Waals surface area (Å²) >= 11 is 4.26. The predicted octanol–water partition coefficient (Wildman–Crippen LogP) is 4.24. The van der Waals surface area contributed by atoms with Crippen molar-refractivity contribution in [1.82, 2.24) is 0 Å². The minimum atomic E-state index is 1.03. The number of benzene rings is 1. The van der Waals surface area contributed by atoms with Gasteiger partial charge in [-0.1, -0.05) is 30.5 Å². The summed E-state index contributed by atoms with van der Waals surface area (Å²) in [6.45, 7) is 4.65. The van der Waals surface area contributed by atoms with Crippen molar-refractivity contribution in [2.45, 2.75) is 45.4 Å². The first-order chi connectivity index (χ1) is 8.81. The van der Waals surface area contributed by atoms with Gasteiger partial charge in [-0.15, -0.1) is 0 Å². The molecule has 1 aliphatic rings. The number of unbranched alkanes of at least 4 members (excludes halogenated alkanes) is 3. The van der Waals surface area contributed by atoms with Crippen LogP contribution in [0.25, 0.3) is 0 Å². The first kappa shape index (κ1) is 13.8. The summed E-state index contributed by atoms with van der Waals surface area (Å²) in [5.74, 6) is 1.03. The van der Waals surface area contributed by atoms with Gasteiger partial charge in [0.15, 0.2) is 0 Å². The highest BCUT2D eigenvalue weighted by Gasteiger charge is 2.15. The van der Waals surface area contributed by atoms with Gasteiger partial charge in [-0.25, -0.2) is 0 Å². The van der Waals surface area contributed by atoms with Gasteiger partial charge < -0.3 is 4.90 Å². The van der Waals surface area contributed by atoms with E-state index < -0.39 is 0 Å². The molecule has 0 saturated carbocycles. The molecule has 100 valence electrons. The summed E-state index contributed by atoms with van der Waals surface area (Å²) in [4.78, 5) is 2.58. The molecule has 2 rings (SSSR count). The second-order valence-electron chi connectivity index (χ2n) is 5.36. The minimum absolute atomic E-state index is 1.03. The zero-order chi connectivity index (χ0) is 12.8. The van der Waals surface area contributed by atoms with E-state index in [1.807, 2.05) is 0 Å². The summed E-state index contributed by atoms with van der Waals surface area (Å²) in [7, 11) is 0. The van der Waals surface area contributed by atoms with Crippen molar-refractivity contribution in [2.75, 3.05) is 23.7 Å². The Kier molecular flexibility index (Phi) is 5.43. The first-order valence-electron chi connectivity index (χ1n) is 7.26. The number of nitrogens with zero attached hydrogens (tertiary/aromatic N) is 1. The SMILES string of the molecule is Cc1ccc2c(c1)CCCN2CCCCCCS. The molecular formula is C16H25NS. The molecule has 0 amide bonds. The van der Waals surface area contributed by atoms with Crippen molar-refractivity contribution in [3.05, 3.63) is 29.3 Å². The highest BCUT2D eigenvalue weighted by molar-refractivity contribution is 7.80. The molecule has 1 heterocycles. The third kappa shape index (κ3) is 3.68. The van der Waals surface area contributed by atoms with E-state index in [2.05, 4.69) is 42.7 Å². The average molecular weight is 263 g/mol. The van der Waals surface area contributed by atoms with Crippen LogP contribution < -0.4 is 4.90 Å². The first-order valence-corrected chi connectivity index (χ1v) is 7.90. The molecular weight excluding hydrogens is 238 g/mol. The molecule has 1 nitrogen and oxygen atoms in total. The lowest BCUT2D eigenvalue weighted by molar-refractivity contribution is 0.620. The molecule has 0 aliphatic carbocycles. The van der Waals surface area contributed by atoms with Gasteiger partial charge in [0.25, 0.3) is 0 Å². The minimum Gasteiger partial charge on any atom is -0.371 e. The molecule has 0 spiro atoms. The van der Waals surface area contributed by atoms with Crippen LogP contribution in [0.3, 0.4) is 0 Å². The molecule has 1 aliphatic heterocycles. The van der Waals surface area contributed by atoms with Gasteiger partial charge in [0, 0.05) is 18.8 Å². The monoisotopic (exact) mass is 263 g/mol. The van der Waals surface area contributed by atoms with Gasteiger partial charge in [-0.2, -0.15) is 12.6 Å². The Morgan fingerprint density at radius 1 is 1.17 bits per heavy atom. The zero-order valence-corrected chi connectivity index (χ0v) is 12.4. The molecule has 1 aromatic carbocycles. The van der Waals surface area contributed by atoms with Crippen LogP contribution in [0.5, 0.6) is 0 Å². The van der Waals surface area contributed by atoms with E-state index in [1.54, 1.807) is 5.56 Å². The average Bonchev–Trinajstić information content (AvgIpc) is 2.38. The molecule has 1 aromatic rings. The molecule has 0 bridgehead atoms. The number of rotatable bonds is 6. The van der Waals surface area contributed by atoms with Crippen molar-refractivity contribution in [2.24, 2.45) is 0 Å². The molecule has 0 fully saturated rings. The van der Waals surface area contributed by atoms with Crippen LogP contribution in [0.4, 0.5) is 5.69 Å². The van der Waals surface area contributed by atoms with Crippen LogP contribution in [-0.4, -0.2) is 18.8 Å². The van der Waals surface area contributed by atoms with Crippen molar-refractivity contribution in [3.63, 3.8) is 0 Å². The Bertz CT molecular complexity index is 375. The number of aryl methyl sites for hydroxylation is 2. The smallest absolute Gasteiger partial charge is 0.0398 e. The highest BCUT2D eigenvalue weighted by atomic mass is 32.1. The zero-order valence-electron chi connectivity index (χ0n) is 11.5. The van der Waals surface area contributed by atoms with E-state index in [9.17, 15) is 0 Å². The molecule has 18 heavy (non-hydrogen) atoms. The van der Waals surface area contributed by atoms with Crippen molar-refractivity contribution >= 4 is 18.3 Å². The Labute approximate surface area is 117 Å². The molecule has 0 unspecified atom stereocenters. The highest BCUT2D eigenvalue weighted by Crippen LogP contribution is 2.28. The third-order valence-electron chi connectivity index (χ3n) is 3.79. The second kappa shape index (κ2) is 7.08. The number of hydrogen-bond acceptors (Lipinski definition) is 2. The van der Waals surface area contributed by atoms with E-state index in [0.29, 0.717) is 0 Å². The molecule has 0 radical (unpaired) electrons. The van der Waals surface area contributed by atoms with Gasteiger partial charge in [0.1, 0.15) is 0 Å². The largest absolute Gasteiger partial charge is 0.371 e. The lowest BCUT2D eigenvalue weighted by atomic mass is 9.99. The van der Waals surface area contributed by atoms with E-state index in [0.717, 1.165) is 5.75 Å². The second-order valence-corrected chi connectivity index (χ2v) is 5.81. The topological polar surface area (TPSA) is 3.24 Å². The normalized spacial score (nSPS) is 14.7. The fourth-order valence-corrected chi connectivity index (χ4v) is 3.03. The van der Waals surface area contributed by atoms with Crippen molar-refractivity contribution in [3.8, 4) is 0 Å². The van der Waals surface area contributed by atoms with Crippen LogP contribution >= 0.6 is 12.6 Å². The summed E-state index contributed by atoms with van der Waals surface area (Å²) in [6, 6.07) is 6.93. The summed E-state index contributed by atoms with van der Waals surface area (Å²) in [5.41, 5.74) is 4.43. The van der Waals surface area contributed by atoms with E-state index in [-0.39, 0.29) is 0 Å². The summed E-state index contributed by atoms with van der Waals surface area (Å²) < 4.78 is 0. The lowest BCUT2D eigenvalue weighted by Gasteiger charge is -2.31. The van der Waals surface area contributed by atoms with E-state index in [4.69, 9.17) is 0 Å². The van der Waals surface area contributed by atoms with Gasteiger partial charge in [0.05, 0.1) is 0 Å². The number of thiol groups is 1. The molecule has 0 aromatic heterocycles. The standard InChI is InChI=1S/C16H25NS/c1-14-8-9-16-15(13-14)7-6-11-17(16)10-4-2-3-5-12-18/h8-9,13,18H,2-7,10-12H2,1H3. The molecule has 0 saturated heterocycles. The van der Waals surface area contributed by atoms with Gasteiger partial charge in [0.2, 0.25) is 0 Å². The fourth-order valence-electron chi connectivity index (χ4n) is 2.80. The van der Waals surface area contributed by atoms with E-state index >= 15 is 0 Å². The van der Waals surface area contributed by atoms with Crippen molar-refractivity contribution < 1.29 is 0 Å². The molecule has 0 atom stereocenters. The van der Waals surface area contributed by atoms with Crippen LogP contribution in [0.15, 0.2) is 18.2 Å². The lowest BCUT2D eigenvalue weighted by Crippen LogP contribution is -2.30. The maximum absolute atomic E-state index is 4.26. The Hall–Kier alpha value is -0.630. The molecule has 2 heteroatoms. The van der Waals surface area contributed by atoms with Crippen LogP contribution in [-0.2, 0) is 6.42 Å². The maximum atomic E-state index is 4.26. The van der Waals surface area contributed by atoms with Gasteiger partial charge in [-0.3, -0.25) is 0 Å². The van der Waals surface area contributed by atoms with Gasteiger partial charge in [-0.05, 0) is 50.0 Å². The van der Waals surface area contributed by atoms with Gasteiger partial charge >= 0.3 is 0 Å². The number of fused-ring (bicyclic) bond motifs is 1. The molecule has 0 N–H and O–H groups in total. The van der Waals surface area contributed by atoms with Crippen molar-refractivity contribution in [1.29, 1.82) is 0 Å². The fraction of sp³-hybridized carbons (Fsp3) is 0.625. The number of anilines is 1. The predicted molar refractivity (Wildman–Crippen MR) is 84.0 cm³/mol. The van der Waals surface area contributed by atoms with Crippen LogP contribution in [0.1, 0.15) is 43.2 Å². The summed E-state index contributed by atoms with van der Waals surface area (Å²) in [6.07, 6.45) is 7.83. The van der Waals surface area contributed by atoms with Crippen LogP contribution in [0, 0.1) is 6.92 Å². The van der Waals surface area contributed by atoms with Crippen LogP contribution in [0.2, 0.25) is 0 Å². The Morgan fingerprint density at radius 3 is 2.83 bits per heavy atom. The summed E-state index contributed by atoms with van der Waals surface area (Å²) in [5, 5.41) is 0. The Balaban J connectivity index is 1.88. The van der Waals surface area contributed by atoms with E-state index in [1.165, 1.54) is 62.9 Å².